The maximum absolute atomic E-state index is 5.89. The van der Waals surface area contributed by atoms with Gasteiger partial charge in [-0.2, -0.15) is 4.98 Å². The van der Waals surface area contributed by atoms with Gasteiger partial charge in [0.1, 0.15) is 5.52 Å². The largest absolute Gasteiger partial charge is 0.423 e. The topological polar surface area (TPSA) is 55.3 Å². The molecule has 0 spiro atoms. The zero-order valence-corrected chi connectivity index (χ0v) is 11.7. The molecule has 2 aromatic carbocycles. The Morgan fingerprint density at radius 3 is 2.86 bits per heavy atom. The number of oxazole rings is 1. The highest BCUT2D eigenvalue weighted by molar-refractivity contribution is 5.78. The molecule has 2 heterocycles. The second kappa shape index (κ2) is 4.81. The Balaban J connectivity index is 1.71. The molecule has 1 aliphatic rings. The van der Waals surface area contributed by atoms with Gasteiger partial charge in [-0.05, 0) is 36.1 Å². The molecular weight excluding hydrogens is 262 g/mol. The third kappa shape index (κ3) is 2.23. The van der Waals surface area contributed by atoms with Crippen molar-refractivity contribution in [3.63, 3.8) is 0 Å². The van der Waals surface area contributed by atoms with Crippen LogP contribution >= 0.6 is 0 Å². The normalized spacial score (nSPS) is 15.0. The lowest BCUT2D eigenvalue weighted by atomic mass is 10.0. The highest BCUT2D eigenvalue weighted by Crippen LogP contribution is 2.27. The van der Waals surface area contributed by atoms with Gasteiger partial charge in [-0.15, -0.1) is 0 Å². The molecule has 0 amide bonds. The van der Waals surface area contributed by atoms with Gasteiger partial charge in [0.25, 0.3) is 6.01 Å². The lowest BCUT2D eigenvalue weighted by Gasteiger charge is -2.18. The predicted octanol–water partition coefficient (Wildman–Crippen LogP) is 3.36. The van der Waals surface area contributed by atoms with Gasteiger partial charge in [0.05, 0.1) is 0 Å². The van der Waals surface area contributed by atoms with Crippen molar-refractivity contribution in [3.8, 4) is 0 Å². The van der Waals surface area contributed by atoms with E-state index in [1.165, 1.54) is 11.1 Å². The first-order chi connectivity index (χ1) is 10.3. The third-order valence-corrected chi connectivity index (χ3v) is 4.03. The summed E-state index contributed by atoms with van der Waals surface area (Å²) in [6.07, 6.45) is 2.22. The smallest absolute Gasteiger partial charge is 0.298 e. The maximum Gasteiger partial charge on any atom is 0.298 e. The number of aromatic nitrogens is 1. The summed E-state index contributed by atoms with van der Waals surface area (Å²) >= 11 is 0. The van der Waals surface area contributed by atoms with E-state index in [2.05, 4.69) is 34.1 Å². The van der Waals surface area contributed by atoms with Crippen molar-refractivity contribution in [1.29, 1.82) is 0 Å². The average molecular weight is 279 g/mol. The lowest BCUT2D eigenvalue weighted by Crippen LogP contribution is -2.22. The van der Waals surface area contributed by atoms with Gasteiger partial charge >= 0.3 is 0 Å². The molecule has 1 aliphatic heterocycles. The highest BCUT2D eigenvalue weighted by atomic mass is 16.4. The van der Waals surface area contributed by atoms with Gasteiger partial charge in [-0.25, -0.2) is 0 Å². The summed E-state index contributed by atoms with van der Waals surface area (Å²) in [7, 11) is 0. The Morgan fingerprint density at radius 2 is 1.95 bits per heavy atom. The van der Waals surface area contributed by atoms with Gasteiger partial charge in [0.2, 0.25) is 0 Å². The van der Waals surface area contributed by atoms with Gasteiger partial charge < -0.3 is 15.1 Å². The molecule has 3 aromatic rings. The Kier molecular flexibility index (Phi) is 2.81. The number of rotatable bonds is 1. The molecule has 4 rings (SSSR count). The van der Waals surface area contributed by atoms with Gasteiger partial charge in [0, 0.05) is 24.8 Å². The van der Waals surface area contributed by atoms with Crippen molar-refractivity contribution >= 4 is 22.8 Å². The number of anilines is 2. The number of benzene rings is 2. The van der Waals surface area contributed by atoms with Crippen molar-refractivity contribution in [1.82, 2.24) is 4.98 Å². The van der Waals surface area contributed by atoms with E-state index in [0.29, 0.717) is 11.7 Å². The number of nitrogen functional groups attached to an aromatic ring is 1. The van der Waals surface area contributed by atoms with Crippen LogP contribution in [0.5, 0.6) is 0 Å². The van der Waals surface area contributed by atoms with Crippen LogP contribution < -0.4 is 10.6 Å². The van der Waals surface area contributed by atoms with E-state index >= 15 is 0 Å². The van der Waals surface area contributed by atoms with E-state index in [4.69, 9.17) is 10.2 Å². The first-order valence-corrected chi connectivity index (χ1v) is 7.27. The minimum absolute atomic E-state index is 0.687. The number of aryl methyl sites for hydroxylation is 1. The van der Waals surface area contributed by atoms with Crippen LogP contribution in [0.4, 0.5) is 11.7 Å². The van der Waals surface area contributed by atoms with Crippen LogP contribution in [0.2, 0.25) is 0 Å². The van der Waals surface area contributed by atoms with Crippen molar-refractivity contribution in [2.45, 2.75) is 19.4 Å². The predicted molar refractivity (Wildman–Crippen MR) is 84.2 cm³/mol. The first-order valence-electron chi connectivity index (χ1n) is 7.27. The quantitative estimate of drug-likeness (QED) is 0.694. The molecule has 2 N–H and O–H groups in total. The monoisotopic (exact) mass is 279 g/mol. The Hall–Kier alpha value is -2.49. The van der Waals surface area contributed by atoms with E-state index in [9.17, 15) is 0 Å². The molecule has 4 nitrogen and oxygen atoms in total. The van der Waals surface area contributed by atoms with Crippen LogP contribution in [-0.4, -0.2) is 11.5 Å². The van der Waals surface area contributed by atoms with E-state index < -0.39 is 0 Å². The fourth-order valence-corrected chi connectivity index (χ4v) is 2.93. The minimum atomic E-state index is 0.687. The summed E-state index contributed by atoms with van der Waals surface area (Å²) in [5.41, 5.74) is 10.9. The molecule has 1 aromatic heterocycles. The Morgan fingerprint density at radius 1 is 1.10 bits per heavy atom. The standard InChI is InChI=1S/C17H17N3O/c18-14-7-8-15-16(10-14)21-17(19-15)20-9-3-6-12-4-1-2-5-13(12)11-20/h1-2,4-5,7-8,10H,3,6,9,11,18H2. The number of hydrogen-bond acceptors (Lipinski definition) is 4. The van der Waals surface area contributed by atoms with Crippen molar-refractivity contribution in [2.75, 3.05) is 17.2 Å². The van der Waals surface area contributed by atoms with Crippen LogP contribution in [-0.2, 0) is 13.0 Å². The number of nitrogens with zero attached hydrogens (tertiary/aromatic N) is 2. The molecule has 0 aliphatic carbocycles. The minimum Gasteiger partial charge on any atom is -0.423 e. The summed E-state index contributed by atoms with van der Waals surface area (Å²) in [6.45, 7) is 1.80. The first kappa shape index (κ1) is 12.3. The molecule has 106 valence electrons. The lowest BCUT2D eigenvalue weighted by molar-refractivity contribution is 0.563. The molecule has 0 bridgehead atoms. The van der Waals surface area contributed by atoms with Crippen LogP contribution in [0.3, 0.4) is 0 Å². The van der Waals surface area contributed by atoms with Gasteiger partial charge in [-0.1, -0.05) is 24.3 Å². The second-order valence-electron chi connectivity index (χ2n) is 5.52. The van der Waals surface area contributed by atoms with Gasteiger partial charge in [-0.3, -0.25) is 0 Å². The molecule has 21 heavy (non-hydrogen) atoms. The Labute approximate surface area is 123 Å². The van der Waals surface area contributed by atoms with Crippen molar-refractivity contribution in [2.24, 2.45) is 0 Å². The molecule has 4 heteroatoms. The molecular formula is C17H17N3O. The number of fused-ring (bicyclic) bond motifs is 2. The number of nitrogens with two attached hydrogens (primary N) is 1. The van der Waals surface area contributed by atoms with Crippen LogP contribution in [0.25, 0.3) is 11.1 Å². The summed E-state index contributed by atoms with van der Waals surface area (Å²) in [5.74, 6) is 0. The van der Waals surface area contributed by atoms with E-state index in [-0.39, 0.29) is 0 Å². The summed E-state index contributed by atoms with van der Waals surface area (Å²) in [4.78, 5) is 6.81. The van der Waals surface area contributed by atoms with Crippen LogP contribution in [0.1, 0.15) is 17.5 Å². The molecule has 0 saturated heterocycles. The third-order valence-electron chi connectivity index (χ3n) is 4.03. The number of hydrogen-bond donors (Lipinski definition) is 1. The summed E-state index contributed by atoms with van der Waals surface area (Å²) in [6, 6.07) is 14.9. The average Bonchev–Trinajstić information content (AvgIpc) is 2.78. The maximum atomic E-state index is 5.89. The molecule has 0 fully saturated rings. The second-order valence-corrected chi connectivity index (χ2v) is 5.52. The molecule has 0 radical (unpaired) electrons. The van der Waals surface area contributed by atoms with Crippen LogP contribution in [0.15, 0.2) is 46.9 Å². The molecule has 0 saturated carbocycles. The summed E-state index contributed by atoms with van der Waals surface area (Å²) < 4.78 is 5.89. The van der Waals surface area contributed by atoms with Crippen molar-refractivity contribution in [3.05, 3.63) is 53.6 Å². The molecule has 0 atom stereocenters. The van der Waals surface area contributed by atoms with E-state index in [1.807, 2.05) is 18.2 Å². The zero-order valence-electron chi connectivity index (χ0n) is 11.7. The van der Waals surface area contributed by atoms with Gasteiger partial charge in [0.15, 0.2) is 5.58 Å². The summed E-state index contributed by atoms with van der Waals surface area (Å²) in [5, 5.41) is 0. The Bertz CT molecular complexity index is 794. The zero-order chi connectivity index (χ0) is 14.2. The fourth-order valence-electron chi connectivity index (χ4n) is 2.93. The van der Waals surface area contributed by atoms with Crippen molar-refractivity contribution < 1.29 is 4.42 Å². The highest BCUT2D eigenvalue weighted by Gasteiger charge is 2.18. The van der Waals surface area contributed by atoms with E-state index in [0.717, 1.165) is 37.0 Å². The van der Waals surface area contributed by atoms with E-state index in [1.54, 1.807) is 0 Å². The fraction of sp³-hybridized carbons (Fsp3) is 0.235. The van der Waals surface area contributed by atoms with Crippen LogP contribution in [0, 0.1) is 0 Å². The molecule has 0 unspecified atom stereocenters. The SMILES string of the molecule is Nc1ccc2nc(N3CCCc4ccccc4C3)oc2c1.